The Morgan fingerprint density at radius 2 is 1.83 bits per heavy atom. The van der Waals surface area contributed by atoms with Crippen molar-refractivity contribution in [2.24, 2.45) is 0 Å². The maximum Gasteiger partial charge on any atom is 0.416 e. The third-order valence-electron chi connectivity index (χ3n) is 3.19. The van der Waals surface area contributed by atoms with E-state index in [9.17, 15) is 22.4 Å². The van der Waals surface area contributed by atoms with E-state index in [2.05, 4.69) is 15.9 Å². The zero-order valence-electron chi connectivity index (χ0n) is 12.0. The molecule has 0 radical (unpaired) electrons. The van der Waals surface area contributed by atoms with Gasteiger partial charge in [0.05, 0.1) is 5.56 Å². The van der Waals surface area contributed by atoms with Gasteiger partial charge in [-0.2, -0.15) is 13.2 Å². The van der Waals surface area contributed by atoms with Gasteiger partial charge >= 0.3 is 6.18 Å². The molecule has 0 fully saturated rings. The number of hydrogen-bond acceptors (Lipinski definition) is 1. The highest BCUT2D eigenvalue weighted by Crippen LogP contribution is 2.32. The highest BCUT2D eigenvalue weighted by atomic mass is 79.9. The summed E-state index contributed by atoms with van der Waals surface area (Å²) in [5, 5.41) is 0. The van der Waals surface area contributed by atoms with Crippen LogP contribution in [0.25, 0.3) is 0 Å². The van der Waals surface area contributed by atoms with E-state index >= 15 is 0 Å². The molecule has 0 aliphatic carbocycles. The van der Waals surface area contributed by atoms with Crippen molar-refractivity contribution in [3.8, 4) is 0 Å². The molecule has 2 rings (SSSR count). The van der Waals surface area contributed by atoms with Gasteiger partial charge in [-0.1, -0.05) is 34.1 Å². The summed E-state index contributed by atoms with van der Waals surface area (Å²) in [4.78, 5) is 13.4. The van der Waals surface area contributed by atoms with E-state index in [4.69, 9.17) is 0 Å². The van der Waals surface area contributed by atoms with Crippen LogP contribution in [0.3, 0.4) is 0 Å². The molecule has 0 unspecified atom stereocenters. The van der Waals surface area contributed by atoms with Gasteiger partial charge in [0.1, 0.15) is 5.82 Å². The molecule has 2 aromatic rings. The fraction of sp³-hybridized carbons (Fsp3) is 0.188. The molecule has 0 bridgehead atoms. The van der Waals surface area contributed by atoms with Crippen molar-refractivity contribution in [3.05, 3.63) is 69.4 Å². The zero-order chi connectivity index (χ0) is 17.2. The van der Waals surface area contributed by atoms with Gasteiger partial charge < -0.3 is 4.90 Å². The topological polar surface area (TPSA) is 20.3 Å². The van der Waals surface area contributed by atoms with E-state index in [-0.39, 0.29) is 17.7 Å². The fourth-order valence-corrected chi connectivity index (χ4v) is 2.63. The van der Waals surface area contributed by atoms with Crippen LogP contribution in [0.2, 0.25) is 0 Å². The van der Waals surface area contributed by atoms with Crippen LogP contribution in [0.5, 0.6) is 0 Å². The predicted octanol–water partition coefficient (Wildman–Crippen LogP) is 4.88. The monoisotopic (exact) mass is 389 g/mol. The van der Waals surface area contributed by atoms with Crippen LogP contribution in [0, 0.1) is 5.82 Å². The maximum atomic E-state index is 13.3. The van der Waals surface area contributed by atoms with Gasteiger partial charge in [-0.25, -0.2) is 4.39 Å². The quantitative estimate of drug-likeness (QED) is 0.685. The Morgan fingerprint density at radius 1 is 1.17 bits per heavy atom. The smallest absolute Gasteiger partial charge is 0.337 e. The fourth-order valence-electron chi connectivity index (χ4n) is 2.16. The molecule has 2 aromatic carbocycles. The van der Waals surface area contributed by atoms with Crippen molar-refractivity contribution in [1.82, 2.24) is 4.90 Å². The normalized spacial score (nSPS) is 11.4. The Hall–Kier alpha value is -1.89. The first kappa shape index (κ1) is 17.5. The number of hydrogen-bond donors (Lipinski definition) is 0. The average molecular weight is 390 g/mol. The Kier molecular flexibility index (Phi) is 5.09. The minimum atomic E-state index is -4.50. The number of amides is 1. The molecular weight excluding hydrogens is 378 g/mol. The van der Waals surface area contributed by atoms with E-state index in [0.29, 0.717) is 4.47 Å². The molecule has 1 amide bonds. The minimum Gasteiger partial charge on any atom is -0.337 e. The van der Waals surface area contributed by atoms with Gasteiger partial charge in [0, 0.05) is 23.6 Å². The molecule has 2 nitrogen and oxygen atoms in total. The standard InChI is InChI=1S/C16H12BrF4NO/c1-22(15(23)11-6-12(17)8-13(18)7-11)9-10-4-2-3-5-14(10)16(19,20)21/h2-8H,9H2,1H3. The van der Waals surface area contributed by atoms with Gasteiger partial charge in [0.2, 0.25) is 0 Å². The molecule has 0 saturated carbocycles. The first-order chi connectivity index (χ1) is 10.7. The lowest BCUT2D eigenvalue weighted by Crippen LogP contribution is -2.27. The second-order valence-electron chi connectivity index (χ2n) is 4.97. The van der Waals surface area contributed by atoms with Crippen LogP contribution >= 0.6 is 15.9 Å². The molecule has 0 aromatic heterocycles. The number of carbonyl (C=O) groups excluding carboxylic acids is 1. The minimum absolute atomic E-state index is 0.0219. The first-order valence-electron chi connectivity index (χ1n) is 6.55. The Bertz CT molecular complexity index is 710. The first-order valence-corrected chi connectivity index (χ1v) is 7.34. The van der Waals surface area contributed by atoms with E-state index < -0.39 is 23.5 Å². The van der Waals surface area contributed by atoms with Crippen LogP contribution in [0.15, 0.2) is 46.9 Å². The molecular formula is C16H12BrF4NO. The van der Waals surface area contributed by atoms with E-state index in [1.165, 1.54) is 37.4 Å². The Labute approximate surface area is 138 Å². The zero-order valence-corrected chi connectivity index (χ0v) is 13.6. The summed E-state index contributed by atoms with van der Waals surface area (Å²) < 4.78 is 52.6. The van der Waals surface area contributed by atoms with Crippen molar-refractivity contribution >= 4 is 21.8 Å². The molecule has 0 N–H and O–H groups in total. The lowest BCUT2D eigenvalue weighted by atomic mass is 10.1. The maximum absolute atomic E-state index is 13.3. The van der Waals surface area contributed by atoms with Crippen molar-refractivity contribution in [2.45, 2.75) is 12.7 Å². The van der Waals surface area contributed by atoms with Crippen LogP contribution in [-0.2, 0) is 12.7 Å². The largest absolute Gasteiger partial charge is 0.416 e. The predicted molar refractivity (Wildman–Crippen MR) is 81.3 cm³/mol. The van der Waals surface area contributed by atoms with Gasteiger partial charge in [0.25, 0.3) is 5.91 Å². The van der Waals surface area contributed by atoms with Crippen molar-refractivity contribution in [2.75, 3.05) is 7.05 Å². The summed E-state index contributed by atoms with van der Waals surface area (Å²) in [6.07, 6.45) is -4.50. The number of alkyl halides is 3. The molecule has 0 saturated heterocycles. The van der Waals surface area contributed by atoms with Gasteiger partial charge in [-0.15, -0.1) is 0 Å². The number of rotatable bonds is 3. The lowest BCUT2D eigenvalue weighted by Gasteiger charge is -2.20. The van der Waals surface area contributed by atoms with Crippen molar-refractivity contribution in [3.63, 3.8) is 0 Å². The number of halogens is 5. The van der Waals surface area contributed by atoms with Crippen LogP contribution in [-0.4, -0.2) is 17.9 Å². The molecule has 122 valence electrons. The lowest BCUT2D eigenvalue weighted by molar-refractivity contribution is -0.138. The molecule has 0 aliphatic rings. The molecule has 0 aliphatic heterocycles. The molecule has 7 heteroatoms. The van der Waals surface area contributed by atoms with E-state index in [1.807, 2.05) is 0 Å². The van der Waals surface area contributed by atoms with E-state index in [0.717, 1.165) is 17.0 Å². The molecule has 0 atom stereocenters. The van der Waals surface area contributed by atoms with Crippen LogP contribution < -0.4 is 0 Å². The summed E-state index contributed by atoms with van der Waals surface area (Å²) in [5.74, 6) is -1.17. The number of benzene rings is 2. The average Bonchev–Trinajstić information content (AvgIpc) is 2.44. The summed E-state index contributed by atoms with van der Waals surface area (Å²) in [6, 6.07) is 8.69. The number of carbonyl (C=O) groups is 1. The SMILES string of the molecule is CN(Cc1ccccc1C(F)(F)F)C(=O)c1cc(F)cc(Br)c1. The Morgan fingerprint density at radius 3 is 2.43 bits per heavy atom. The Balaban J connectivity index is 2.26. The third-order valence-corrected chi connectivity index (χ3v) is 3.64. The van der Waals surface area contributed by atoms with E-state index in [1.54, 1.807) is 0 Å². The van der Waals surface area contributed by atoms with Crippen molar-refractivity contribution in [1.29, 1.82) is 0 Å². The summed E-state index contributed by atoms with van der Waals surface area (Å²) in [5.41, 5.74) is -0.754. The molecule has 0 spiro atoms. The third kappa shape index (κ3) is 4.31. The van der Waals surface area contributed by atoms with Gasteiger partial charge in [0.15, 0.2) is 0 Å². The van der Waals surface area contributed by atoms with Crippen LogP contribution in [0.1, 0.15) is 21.5 Å². The highest BCUT2D eigenvalue weighted by molar-refractivity contribution is 9.10. The summed E-state index contributed by atoms with van der Waals surface area (Å²) in [6.45, 7) is -0.233. The molecule has 23 heavy (non-hydrogen) atoms. The van der Waals surface area contributed by atoms with Gasteiger partial charge in [-0.05, 0) is 29.8 Å². The second kappa shape index (κ2) is 6.70. The summed E-state index contributed by atoms with van der Waals surface area (Å²) >= 11 is 3.08. The highest BCUT2D eigenvalue weighted by Gasteiger charge is 2.33. The second-order valence-corrected chi connectivity index (χ2v) is 5.89. The number of nitrogens with zero attached hydrogens (tertiary/aromatic N) is 1. The van der Waals surface area contributed by atoms with Gasteiger partial charge in [-0.3, -0.25) is 4.79 Å². The summed E-state index contributed by atoms with van der Waals surface area (Å²) in [7, 11) is 1.37. The van der Waals surface area contributed by atoms with Crippen LogP contribution in [0.4, 0.5) is 17.6 Å². The molecule has 0 heterocycles. The van der Waals surface area contributed by atoms with Crippen molar-refractivity contribution < 1.29 is 22.4 Å².